The van der Waals surface area contributed by atoms with Crippen LogP contribution in [0.1, 0.15) is 0 Å². The summed E-state index contributed by atoms with van der Waals surface area (Å²) in [5, 5.41) is 4.61. The van der Waals surface area contributed by atoms with E-state index in [1.807, 2.05) is 0 Å². The van der Waals surface area contributed by atoms with E-state index >= 15 is 0 Å². The zero-order valence-electron chi connectivity index (χ0n) is 29.6. The number of anilines is 3. The van der Waals surface area contributed by atoms with Crippen LogP contribution in [0.4, 0.5) is 17.1 Å². The van der Waals surface area contributed by atoms with E-state index in [-0.39, 0.29) is 0 Å². The Bertz CT molecular complexity index is 2790. The molecule has 0 spiro atoms. The summed E-state index contributed by atoms with van der Waals surface area (Å²) in [5.41, 5.74) is 14.2. The van der Waals surface area contributed by atoms with Crippen molar-refractivity contribution < 1.29 is 4.42 Å². The van der Waals surface area contributed by atoms with Gasteiger partial charge in [0.1, 0.15) is 5.58 Å². The third-order valence-electron chi connectivity index (χ3n) is 10.5. The van der Waals surface area contributed by atoms with Gasteiger partial charge in [-0.2, -0.15) is 0 Å². The van der Waals surface area contributed by atoms with E-state index in [1.165, 1.54) is 44.2 Å². The Hall–Kier alpha value is -7.16. The van der Waals surface area contributed by atoms with Gasteiger partial charge in [-0.15, -0.1) is 0 Å². The van der Waals surface area contributed by atoms with Gasteiger partial charge >= 0.3 is 0 Å². The van der Waals surface area contributed by atoms with Gasteiger partial charge in [0, 0.05) is 22.1 Å². The molecule has 2 nitrogen and oxygen atoms in total. The Morgan fingerprint density at radius 2 is 0.759 bits per heavy atom. The lowest BCUT2D eigenvalue weighted by molar-refractivity contribution is 0.669. The molecular formula is C52H35NO. The molecule has 0 unspecified atom stereocenters. The van der Waals surface area contributed by atoms with E-state index < -0.39 is 0 Å². The van der Waals surface area contributed by atoms with Crippen LogP contribution in [0.25, 0.3) is 77.2 Å². The zero-order valence-corrected chi connectivity index (χ0v) is 29.6. The maximum absolute atomic E-state index is 7.02. The SMILES string of the molecule is c1ccc(-c2ccc(-c3ccc(N(c4ccc(-c5ccccc5)cc4)c4ccc(-c5ccccc5)cc4)c4oc5ccc6ccccc6c5c34)cc2)cc1. The second-order valence-corrected chi connectivity index (χ2v) is 13.7. The van der Waals surface area contributed by atoms with Crippen LogP contribution in [-0.2, 0) is 0 Å². The van der Waals surface area contributed by atoms with Gasteiger partial charge in [-0.25, -0.2) is 0 Å². The highest BCUT2D eigenvalue weighted by molar-refractivity contribution is 6.25. The quantitative estimate of drug-likeness (QED) is 0.166. The van der Waals surface area contributed by atoms with Gasteiger partial charge in [0.15, 0.2) is 5.58 Å². The monoisotopic (exact) mass is 689 g/mol. The molecule has 10 aromatic rings. The fourth-order valence-electron chi connectivity index (χ4n) is 7.81. The van der Waals surface area contributed by atoms with Crippen molar-refractivity contribution in [3.8, 4) is 44.5 Å². The summed E-state index contributed by atoms with van der Waals surface area (Å²) in [7, 11) is 0. The van der Waals surface area contributed by atoms with Crippen molar-refractivity contribution >= 4 is 49.8 Å². The Kier molecular flexibility index (Phi) is 7.85. The third-order valence-corrected chi connectivity index (χ3v) is 10.5. The van der Waals surface area contributed by atoms with Crippen molar-refractivity contribution in [3.05, 3.63) is 212 Å². The van der Waals surface area contributed by atoms with Crippen molar-refractivity contribution in [2.45, 2.75) is 0 Å². The smallest absolute Gasteiger partial charge is 0.160 e. The van der Waals surface area contributed by atoms with Crippen LogP contribution in [0.2, 0.25) is 0 Å². The van der Waals surface area contributed by atoms with Gasteiger partial charge in [0.2, 0.25) is 0 Å². The number of nitrogens with zero attached hydrogens (tertiary/aromatic N) is 1. The second-order valence-electron chi connectivity index (χ2n) is 13.7. The van der Waals surface area contributed by atoms with Crippen molar-refractivity contribution in [2.24, 2.45) is 0 Å². The minimum absolute atomic E-state index is 0.852. The molecule has 0 saturated carbocycles. The van der Waals surface area contributed by atoms with Crippen LogP contribution in [0.3, 0.4) is 0 Å². The van der Waals surface area contributed by atoms with Crippen LogP contribution >= 0.6 is 0 Å². The van der Waals surface area contributed by atoms with Crippen molar-refractivity contribution in [1.82, 2.24) is 0 Å². The first-order valence-corrected chi connectivity index (χ1v) is 18.4. The molecular weight excluding hydrogens is 655 g/mol. The number of hydrogen-bond acceptors (Lipinski definition) is 2. The first kappa shape index (κ1) is 31.6. The van der Waals surface area contributed by atoms with Gasteiger partial charge in [0.05, 0.1) is 5.69 Å². The van der Waals surface area contributed by atoms with Crippen LogP contribution in [0.5, 0.6) is 0 Å². The Labute approximate surface area is 314 Å². The topological polar surface area (TPSA) is 16.4 Å². The highest BCUT2D eigenvalue weighted by atomic mass is 16.3. The molecule has 0 bridgehead atoms. The Morgan fingerprint density at radius 1 is 0.315 bits per heavy atom. The van der Waals surface area contributed by atoms with Gasteiger partial charge in [-0.3, -0.25) is 0 Å². The molecule has 10 rings (SSSR count). The van der Waals surface area contributed by atoms with Crippen molar-refractivity contribution in [2.75, 3.05) is 4.90 Å². The molecule has 254 valence electrons. The van der Waals surface area contributed by atoms with E-state index in [1.54, 1.807) is 0 Å². The molecule has 0 radical (unpaired) electrons. The summed E-state index contributed by atoms with van der Waals surface area (Å²) in [6.07, 6.45) is 0. The molecule has 0 aliphatic carbocycles. The number of benzene rings is 9. The molecule has 0 atom stereocenters. The Balaban J connectivity index is 1.19. The van der Waals surface area contributed by atoms with Crippen LogP contribution < -0.4 is 4.90 Å². The van der Waals surface area contributed by atoms with Crippen molar-refractivity contribution in [1.29, 1.82) is 0 Å². The summed E-state index contributed by atoms with van der Waals surface area (Å²) in [6.45, 7) is 0. The average Bonchev–Trinajstić information content (AvgIpc) is 3.66. The molecule has 1 aromatic heterocycles. The maximum Gasteiger partial charge on any atom is 0.160 e. The molecule has 0 saturated heterocycles. The minimum atomic E-state index is 0.852. The summed E-state index contributed by atoms with van der Waals surface area (Å²) >= 11 is 0. The molecule has 2 heteroatoms. The molecule has 0 aliphatic heterocycles. The fourth-order valence-corrected chi connectivity index (χ4v) is 7.81. The van der Waals surface area contributed by atoms with Gasteiger partial charge < -0.3 is 9.32 Å². The van der Waals surface area contributed by atoms with E-state index in [0.717, 1.165) is 50.1 Å². The van der Waals surface area contributed by atoms with Gasteiger partial charge in [-0.1, -0.05) is 176 Å². The first-order valence-electron chi connectivity index (χ1n) is 18.4. The molecule has 54 heavy (non-hydrogen) atoms. The normalized spacial score (nSPS) is 11.3. The maximum atomic E-state index is 7.02. The summed E-state index contributed by atoms with van der Waals surface area (Å²) in [4.78, 5) is 2.33. The molecule has 0 aliphatic rings. The van der Waals surface area contributed by atoms with Crippen LogP contribution in [0.15, 0.2) is 217 Å². The van der Waals surface area contributed by atoms with E-state index in [4.69, 9.17) is 4.42 Å². The second kappa shape index (κ2) is 13.4. The van der Waals surface area contributed by atoms with Crippen molar-refractivity contribution in [3.63, 3.8) is 0 Å². The van der Waals surface area contributed by atoms with E-state index in [2.05, 4.69) is 217 Å². The first-order chi connectivity index (χ1) is 26.8. The average molecular weight is 690 g/mol. The highest BCUT2D eigenvalue weighted by Gasteiger charge is 2.23. The Morgan fingerprint density at radius 3 is 1.30 bits per heavy atom. The molecule has 0 N–H and O–H groups in total. The van der Waals surface area contributed by atoms with Crippen LogP contribution in [0, 0.1) is 0 Å². The largest absolute Gasteiger partial charge is 0.454 e. The standard InChI is InChI=1S/C52H35NO/c1-4-12-36(13-5-1)39-20-22-43(23-21-39)47-33-34-48(52-51(47)50-46-19-11-10-18-42(46)28-35-49(50)54-52)53(44-29-24-40(25-30-44)37-14-6-2-7-15-37)45-31-26-41(27-32-45)38-16-8-3-9-17-38/h1-35H. The third kappa shape index (κ3) is 5.62. The lowest BCUT2D eigenvalue weighted by Gasteiger charge is -2.26. The van der Waals surface area contributed by atoms with Gasteiger partial charge in [0.25, 0.3) is 0 Å². The minimum Gasteiger partial charge on any atom is -0.454 e. The number of rotatable bonds is 7. The van der Waals surface area contributed by atoms with Crippen LogP contribution in [-0.4, -0.2) is 0 Å². The summed E-state index contributed by atoms with van der Waals surface area (Å²) in [5.74, 6) is 0. The molecule has 9 aromatic carbocycles. The molecule has 0 fully saturated rings. The summed E-state index contributed by atoms with van der Waals surface area (Å²) in [6, 6.07) is 75.7. The summed E-state index contributed by atoms with van der Waals surface area (Å²) < 4.78 is 7.02. The van der Waals surface area contributed by atoms with E-state index in [9.17, 15) is 0 Å². The lowest BCUT2D eigenvalue weighted by atomic mass is 9.94. The predicted molar refractivity (Wildman–Crippen MR) is 228 cm³/mol. The number of fused-ring (bicyclic) bond motifs is 5. The lowest BCUT2D eigenvalue weighted by Crippen LogP contribution is -2.10. The number of hydrogen-bond donors (Lipinski definition) is 0. The molecule has 1 heterocycles. The molecule has 0 amide bonds. The fraction of sp³-hybridized carbons (Fsp3) is 0. The van der Waals surface area contributed by atoms with Gasteiger partial charge in [-0.05, 0) is 91.7 Å². The zero-order chi connectivity index (χ0) is 35.8. The van der Waals surface area contributed by atoms with E-state index in [0.29, 0.717) is 0 Å². The predicted octanol–water partition coefficient (Wildman–Crippen LogP) is 14.9. The highest BCUT2D eigenvalue weighted by Crippen LogP contribution is 2.48. The number of furan rings is 1.